The predicted octanol–water partition coefficient (Wildman–Crippen LogP) is 3.49. The van der Waals surface area contributed by atoms with Gasteiger partial charge < -0.3 is 10.6 Å². The molecule has 0 atom stereocenters. The second-order valence-electron chi connectivity index (χ2n) is 7.44. The van der Waals surface area contributed by atoms with Crippen molar-refractivity contribution in [1.82, 2.24) is 19.6 Å². The van der Waals surface area contributed by atoms with E-state index in [9.17, 15) is 9.59 Å². The van der Waals surface area contributed by atoms with E-state index >= 15 is 0 Å². The summed E-state index contributed by atoms with van der Waals surface area (Å²) in [5.41, 5.74) is 3.00. The minimum absolute atomic E-state index is 0.133. The van der Waals surface area contributed by atoms with Crippen LogP contribution < -0.4 is 10.6 Å². The first-order valence-corrected chi connectivity index (χ1v) is 10.3. The van der Waals surface area contributed by atoms with Gasteiger partial charge in [-0.2, -0.15) is 10.2 Å². The lowest BCUT2D eigenvalue weighted by atomic mass is 10.1. The van der Waals surface area contributed by atoms with E-state index in [0.717, 1.165) is 11.1 Å². The molecular weight excluding hydrogens is 404 g/mol. The van der Waals surface area contributed by atoms with Gasteiger partial charge in [-0.25, -0.2) is 0 Å². The van der Waals surface area contributed by atoms with Crippen molar-refractivity contribution in [3.8, 4) is 0 Å². The Balaban J connectivity index is 1.33. The number of benzene rings is 2. The van der Waals surface area contributed by atoms with Crippen LogP contribution in [-0.2, 0) is 24.8 Å². The lowest BCUT2D eigenvalue weighted by Crippen LogP contribution is -2.14. The lowest BCUT2D eigenvalue weighted by molar-refractivity contribution is -0.116. The van der Waals surface area contributed by atoms with Crippen molar-refractivity contribution < 1.29 is 9.59 Å². The average Bonchev–Trinajstić information content (AvgIpc) is 3.40. The molecule has 4 rings (SSSR count). The number of nitrogens with zero attached hydrogens (tertiary/aromatic N) is 4. The Morgan fingerprint density at radius 3 is 2.34 bits per heavy atom. The van der Waals surface area contributed by atoms with Gasteiger partial charge in [0.25, 0.3) is 5.91 Å². The van der Waals surface area contributed by atoms with Gasteiger partial charge in [0.2, 0.25) is 5.91 Å². The molecular formula is C24H24N6O2. The van der Waals surface area contributed by atoms with E-state index in [4.69, 9.17) is 0 Å². The van der Waals surface area contributed by atoms with Crippen molar-refractivity contribution in [1.29, 1.82) is 0 Å². The Morgan fingerprint density at radius 1 is 0.938 bits per heavy atom. The van der Waals surface area contributed by atoms with Gasteiger partial charge in [-0.3, -0.25) is 19.0 Å². The van der Waals surface area contributed by atoms with E-state index in [1.165, 1.54) is 4.68 Å². The van der Waals surface area contributed by atoms with Crippen molar-refractivity contribution in [3.63, 3.8) is 0 Å². The molecule has 0 unspecified atom stereocenters. The predicted molar refractivity (Wildman–Crippen MR) is 122 cm³/mol. The summed E-state index contributed by atoms with van der Waals surface area (Å²) in [5.74, 6) is -0.0383. The van der Waals surface area contributed by atoms with Crippen LogP contribution in [0.3, 0.4) is 0 Å². The van der Waals surface area contributed by atoms with Crippen molar-refractivity contribution in [2.75, 3.05) is 10.6 Å². The highest BCUT2D eigenvalue weighted by atomic mass is 16.2. The number of aryl methyl sites for hydroxylation is 2. The Labute approximate surface area is 185 Å². The normalized spacial score (nSPS) is 10.7. The summed E-state index contributed by atoms with van der Waals surface area (Å²) >= 11 is 0. The van der Waals surface area contributed by atoms with Crippen LogP contribution >= 0.6 is 0 Å². The molecule has 0 aliphatic carbocycles. The Kier molecular flexibility index (Phi) is 6.41. The van der Waals surface area contributed by atoms with Crippen LogP contribution in [0.5, 0.6) is 0 Å². The lowest BCUT2D eigenvalue weighted by Gasteiger charge is -2.05. The van der Waals surface area contributed by atoms with Crippen molar-refractivity contribution in [3.05, 3.63) is 95.9 Å². The second kappa shape index (κ2) is 9.74. The summed E-state index contributed by atoms with van der Waals surface area (Å²) in [7, 11) is 1.68. The van der Waals surface area contributed by atoms with Gasteiger partial charge >= 0.3 is 0 Å². The minimum atomic E-state index is -0.371. The van der Waals surface area contributed by atoms with E-state index in [-0.39, 0.29) is 17.5 Å². The fourth-order valence-corrected chi connectivity index (χ4v) is 3.28. The number of rotatable bonds is 8. The van der Waals surface area contributed by atoms with E-state index in [2.05, 4.69) is 20.8 Å². The second-order valence-corrected chi connectivity index (χ2v) is 7.44. The molecule has 8 heteroatoms. The van der Waals surface area contributed by atoms with E-state index in [1.807, 2.05) is 60.7 Å². The fourth-order valence-electron chi connectivity index (χ4n) is 3.28. The third-order valence-electron chi connectivity index (χ3n) is 4.94. The summed E-state index contributed by atoms with van der Waals surface area (Å²) in [6.45, 7) is 0.611. The van der Waals surface area contributed by atoms with Gasteiger partial charge in [-0.1, -0.05) is 60.7 Å². The first-order valence-electron chi connectivity index (χ1n) is 10.3. The molecule has 32 heavy (non-hydrogen) atoms. The number of amides is 2. The molecule has 162 valence electrons. The summed E-state index contributed by atoms with van der Waals surface area (Å²) in [4.78, 5) is 24.9. The van der Waals surface area contributed by atoms with Crippen LogP contribution in [-0.4, -0.2) is 31.4 Å². The summed E-state index contributed by atoms with van der Waals surface area (Å²) in [5, 5.41) is 14.1. The topological polar surface area (TPSA) is 93.8 Å². The van der Waals surface area contributed by atoms with Gasteiger partial charge in [-0.05, 0) is 17.5 Å². The molecule has 0 bridgehead atoms. The van der Waals surface area contributed by atoms with Crippen LogP contribution in [0.15, 0.2) is 79.1 Å². The van der Waals surface area contributed by atoms with Crippen molar-refractivity contribution >= 4 is 23.3 Å². The zero-order valence-corrected chi connectivity index (χ0v) is 17.7. The maximum atomic E-state index is 12.6. The molecule has 0 spiro atoms. The summed E-state index contributed by atoms with van der Waals surface area (Å²) < 4.78 is 3.23. The van der Waals surface area contributed by atoms with Crippen LogP contribution in [0.25, 0.3) is 0 Å². The quantitative estimate of drug-likeness (QED) is 0.449. The zero-order valence-electron chi connectivity index (χ0n) is 17.7. The van der Waals surface area contributed by atoms with Gasteiger partial charge in [0, 0.05) is 25.7 Å². The summed E-state index contributed by atoms with van der Waals surface area (Å²) in [6, 6.07) is 21.3. The van der Waals surface area contributed by atoms with E-state index in [0.29, 0.717) is 30.9 Å². The number of carbonyl (C=O) groups is 2. The Morgan fingerprint density at radius 2 is 1.62 bits per heavy atom. The molecule has 2 aromatic heterocycles. The zero-order chi connectivity index (χ0) is 22.3. The Bertz CT molecular complexity index is 1200. The SMILES string of the molecule is Cn1nc(C(=O)Nc2cnn(Cc3ccccc3)c2)cc1NC(=O)CCc1ccccc1. The first-order chi connectivity index (χ1) is 15.6. The molecule has 2 heterocycles. The van der Waals surface area contributed by atoms with E-state index < -0.39 is 0 Å². The molecule has 0 aliphatic heterocycles. The maximum absolute atomic E-state index is 12.6. The molecule has 0 saturated carbocycles. The number of nitrogens with one attached hydrogen (secondary N) is 2. The van der Waals surface area contributed by atoms with E-state index in [1.54, 1.807) is 30.2 Å². The third kappa shape index (κ3) is 5.48. The van der Waals surface area contributed by atoms with Crippen LogP contribution in [0.2, 0.25) is 0 Å². The van der Waals surface area contributed by atoms with Crippen LogP contribution in [0.1, 0.15) is 28.0 Å². The molecule has 2 amide bonds. The summed E-state index contributed by atoms with van der Waals surface area (Å²) in [6.07, 6.45) is 4.35. The molecule has 2 N–H and O–H groups in total. The number of hydrogen-bond acceptors (Lipinski definition) is 4. The third-order valence-corrected chi connectivity index (χ3v) is 4.94. The van der Waals surface area contributed by atoms with Gasteiger partial charge in [0.05, 0.1) is 18.4 Å². The largest absolute Gasteiger partial charge is 0.318 e. The molecule has 2 aromatic carbocycles. The average molecular weight is 428 g/mol. The molecule has 0 saturated heterocycles. The highest BCUT2D eigenvalue weighted by molar-refractivity contribution is 6.03. The number of carbonyl (C=O) groups excluding carboxylic acids is 2. The minimum Gasteiger partial charge on any atom is -0.318 e. The van der Waals surface area contributed by atoms with Gasteiger partial charge in [-0.15, -0.1) is 0 Å². The van der Waals surface area contributed by atoms with Crippen LogP contribution in [0, 0.1) is 0 Å². The smallest absolute Gasteiger partial charge is 0.276 e. The fraction of sp³-hybridized carbons (Fsp3) is 0.167. The highest BCUT2D eigenvalue weighted by Gasteiger charge is 2.15. The van der Waals surface area contributed by atoms with Gasteiger partial charge in [0.1, 0.15) is 5.82 Å². The maximum Gasteiger partial charge on any atom is 0.276 e. The van der Waals surface area contributed by atoms with Gasteiger partial charge in [0.15, 0.2) is 5.69 Å². The highest BCUT2D eigenvalue weighted by Crippen LogP contribution is 2.14. The molecule has 4 aromatic rings. The molecule has 0 fully saturated rings. The number of aromatic nitrogens is 4. The number of hydrogen-bond donors (Lipinski definition) is 2. The molecule has 0 radical (unpaired) electrons. The monoisotopic (exact) mass is 428 g/mol. The number of anilines is 2. The standard InChI is InChI=1S/C24H24N6O2/c1-29-22(27-23(31)13-12-18-8-4-2-5-9-18)14-21(28-29)24(32)26-20-15-25-30(17-20)16-19-10-6-3-7-11-19/h2-11,14-15,17H,12-13,16H2,1H3,(H,26,32)(H,27,31). The van der Waals surface area contributed by atoms with Crippen molar-refractivity contribution in [2.45, 2.75) is 19.4 Å². The Hall–Kier alpha value is -4.20. The first kappa shape index (κ1) is 21.0. The van der Waals surface area contributed by atoms with Crippen molar-refractivity contribution in [2.24, 2.45) is 7.05 Å². The van der Waals surface area contributed by atoms with Crippen LogP contribution in [0.4, 0.5) is 11.5 Å². The molecule has 0 aliphatic rings. The molecule has 8 nitrogen and oxygen atoms in total.